The van der Waals surface area contributed by atoms with Gasteiger partial charge in [0, 0.05) is 60.3 Å². The van der Waals surface area contributed by atoms with Crippen LogP contribution in [0.2, 0.25) is 0 Å². The van der Waals surface area contributed by atoms with Crippen LogP contribution in [-0.2, 0) is 17.2 Å². The number of allylic oxidation sites excluding steroid dienone is 2. The fourth-order valence-corrected chi connectivity index (χ4v) is 11.1. The highest BCUT2D eigenvalue weighted by Crippen LogP contribution is 2.64. The number of aliphatic imine (C=N–C) groups is 1. The summed E-state index contributed by atoms with van der Waals surface area (Å²) in [5.41, 5.74) is 6.07. The summed E-state index contributed by atoms with van der Waals surface area (Å²) in [5.74, 6) is 0.985. The van der Waals surface area contributed by atoms with Gasteiger partial charge in [0.25, 0.3) is 0 Å². The van der Waals surface area contributed by atoms with E-state index in [4.69, 9.17) is 16.8 Å². The monoisotopic (exact) mass is 488 g/mol. The third-order valence-corrected chi connectivity index (χ3v) is 12.7. The van der Waals surface area contributed by atoms with E-state index in [-0.39, 0.29) is 5.41 Å². The highest BCUT2D eigenvalue weighted by Gasteiger charge is 2.46. The molecule has 2 aliphatic heterocycles. The van der Waals surface area contributed by atoms with Crippen molar-refractivity contribution < 1.29 is 0 Å². The Kier molecular flexibility index (Phi) is 5.71. The Bertz CT molecular complexity index is 1360. The zero-order valence-corrected chi connectivity index (χ0v) is 22.6. The topological polar surface area (TPSA) is 23.8 Å². The Balaban J connectivity index is 1.83. The number of aryl methyl sites for hydroxylation is 1. The summed E-state index contributed by atoms with van der Waals surface area (Å²) in [4.78, 5) is 7.47. The molecule has 1 aromatic heterocycles. The first-order valence-electron chi connectivity index (χ1n) is 12.0. The molecule has 1 atom stereocenters. The molecule has 0 amide bonds. The molecule has 0 saturated heterocycles. The molecular formula is C28H33N4PS. The van der Waals surface area contributed by atoms with Crippen LogP contribution in [-0.4, -0.2) is 35.6 Å². The van der Waals surface area contributed by atoms with E-state index in [1.54, 1.807) is 0 Å². The molecule has 0 fully saturated rings. The molecule has 0 aliphatic carbocycles. The lowest BCUT2D eigenvalue weighted by atomic mass is 9.84. The fraction of sp³-hybridized carbons (Fsp3) is 0.321. The standard InChI is InChI=1S/C28H33N4PS/c1-7-31(8-2)33(34)24(26-28(4,5)22-16-12-13-17-23(22)30(26)6)18-29-27-25(33)20(3)19-32(27)21-14-10-9-11-15-21/h9-19H,7-8H2,1-6H3/b26-24+. The molecule has 0 bridgehead atoms. The molecule has 4 nitrogen and oxygen atoms in total. The molecule has 3 heterocycles. The Labute approximate surface area is 208 Å². The molecule has 0 spiro atoms. The predicted molar refractivity (Wildman–Crippen MR) is 150 cm³/mol. The molecule has 5 rings (SSSR count). The van der Waals surface area contributed by atoms with Gasteiger partial charge in [-0.15, -0.1) is 0 Å². The minimum atomic E-state index is -2.32. The summed E-state index contributed by atoms with van der Waals surface area (Å²) in [6.07, 6.45) is 1.99. The van der Waals surface area contributed by atoms with E-state index in [1.165, 1.54) is 33.1 Å². The van der Waals surface area contributed by atoms with Gasteiger partial charge in [0.1, 0.15) is 5.82 Å². The molecule has 2 aromatic carbocycles. The van der Waals surface area contributed by atoms with Gasteiger partial charge in [-0.2, -0.15) is 0 Å². The molecule has 34 heavy (non-hydrogen) atoms. The minimum Gasteiger partial charge on any atom is -0.346 e. The summed E-state index contributed by atoms with van der Waals surface area (Å²) in [6, 6.07) is 19.2. The average molecular weight is 489 g/mol. The van der Waals surface area contributed by atoms with Crippen molar-refractivity contribution in [2.75, 3.05) is 25.0 Å². The second kappa shape index (κ2) is 8.34. The van der Waals surface area contributed by atoms with E-state index in [0.29, 0.717) is 0 Å². The van der Waals surface area contributed by atoms with Gasteiger partial charge in [-0.1, -0.05) is 75.9 Å². The first-order chi connectivity index (χ1) is 16.3. The molecule has 0 radical (unpaired) electrons. The number of anilines is 1. The number of fused-ring (bicyclic) bond motifs is 2. The van der Waals surface area contributed by atoms with E-state index in [9.17, 15) is 0 Å². The smallest absolute Gasteiger partial charge is 0.147 e. The Hall–Kier alpha value is -2.46. The Morgan fingerprint density at radius 2 is 1.65 bits per heavy atom. The van der Waals surface area contributed by atoms with Crippen LogP contribution < -0.4 is 10.2 Å². The van der Waals surface area contributed by atoms with Crippen LogP contribution in [0.4, 0.5) is 11.5 Å². The Morgan fingerprint density at radius 1 is 1.00 bits per heavy atom. The zero-order chi connectivity index (χ0) is 24.3. The number of hydrogen-bond acceptors (Lipinski definition) is 3. The van der Waals surface area contributed by atoms with Crippen LogP contribution in [0.25, 0.3) is 5.69 Å². The van der Waals surface area contributed by atoms with Crippen LogP contribution >= 0.6 is 6.19 Å². The maximum Gasteiger partial charge on any atom is 0.147 e. The van der Waals surface area contributed by atoms with Crippen molar-refractivity contribution in [1.82, 2.24) is 9.24 Å². The molecule has 6 heteroatoms. The molecule has 2 aliphatic rings. The number of benzene rings is 2. The van der Waals surface area contributed by atoms with Gasteiger partial charge in [-0.25, -0.2) is 4.99 Å². The summed E-state index contributed by atoms with van der Waals surface area (Å²) in [5, 5.41) is 2.46. The van der Waals surface area contributed by atoms with Crippen molar-refractivity contribution in [2.24, 2.45) is 4.99 Å². The highest BCUT2D eigenvalue weighted by atomic mass is 32.4. The third kappa shape index (κ3) is 3.14. The predicted octanol–water partition coefficient (Wildman–Crippen LogP) is 6.50. The minimum absolute atomic E-state index is 0.155. The van der Waals surface area contributed by atoms with Gasteiger partial charge >= 0.3 is 0 Å². The van der Waals surface area contributed by atoms with Crippen LogP contribution in [0.15, 0.2) is 76.8 Å². The number of para-hydroxylation sites is 2. The lowest BCUT2D eigenvalue weighted by molar-refractivity contribution is 0.511. The normalized spacial score (nSPS) is 22.9. The zero-order valence-electron chi connectivity index (χ0n) is 20.9. The first kappa shape index (κ1) is 23.3. The maximum atomic E-state index is 6.85. The molecular weight excluding hydrogens is 455 g/mol. The average Bonchev–Trinajstić information content (AvgIpc) is 3.28. The summed E-state index contributed by atoms with van der Waals surface area (Å²) >= 11 is 6.85. The third-order valence-electron chi connectivity index (χ3n) is 7.35. The lowest BCUT2D eigenvalue weighted by Crippen LogP contribution is -2.33. The molecule has 3 aromatic rings. The Morgan fingerprint density at radius 3 is 2.29 bits per heavy atom. The van der Waals surface area contributed by atoms with Gasteiger partial charge in [-0.3, -0.25) is 4.67 Å². The van der Waals surface area contributed by atoms with E-state index >= 15 is 0 Å². The highest BCUT2D eigenvalue weighted by molar-refractivity contribution is 8.19. The van der Waals surface area contributed by atoms with Crippen LogP contribution in [0.5, 0.6) is 0 Å². The summed E-state index contributed by atoms with van der Waals surface area (Å²) < 4.78 is 4.73. The molecule has 176 valence electrons. The van der Waals surface area contributed by atoms with Crippen LogP contribution in [0, 0.1) is 6.92 Å². The first-order valence-corrected chi connectivity index (χ1v) is 14.8. The van der Waals surface area contributed by atoms with Gasteiger partial charge in [0.2, 0.25) is 0 Å². The second-order valence-corrected chi connectivity index (χ2v) is 13.8. The quantitative estimate of drug-likeness (QED) is 0.392. The second-order valence-electron chi connectivity index (χ2n) is 9.60. The van der Waals surface area contributed by atoms with Gasteiger partial charge in [0.15, 0.2) is 0 Å². The molecule has 0 N–H and O–H groups in total. The maximum absolute atomic E-state index is 6.85. The fourth-order valence-electron chi connectivity index (χ4n) is 5.79. The van der Waals surface area contributed by atoms with Crippen molar-refractivity contribution in [1.29, 1.82) is 0 Å². The van der Waals surface area contributed by atoms with Gasteiger partial charge < -0.3 is 9.47 Å². The number of aromatic nitrogens is 1. The van der Waals surface area contributed by atoms with Crippen molar-refractivity contribution in [2.45, 2.75) is 40.0 Å². The van der Waals surface area contributed by atoms with Crippen molar-refractivity contribution in [3.05, 3.63) is 82.9 Å². The number of rotatable bonds is 4. The van der Waals surface area contributed by atoms with Crippen molar-refractivity contribution in [3.63, 3.8) is 0 Å². The van der Waals surface area contributed by atoms with E-state index in [1.807, 2.05) is 6.07 Å². The van der Waals surface area contributed by atoms with Crippen LogP contribution in [0.3, 0.4) is 0 Å². The van der Waals surface area contributed by atoms with Gasteiger partial charge in [-0.05, 0) is 36.2 Å². The molecule has 1 unspecified atom stereocenters. The summed E-state index contributed by atoms with van der Waals surface area (Å²) in [6.45, 7) is 13.1. The number of likely N-dealkylation sites (N-methyl/N-ethyl adjacent to an activating group) is 1. The SMILES string of the molecule is CCN(CC)P1(=S)/C(=C2/N(C)c3ccccc3C2(C)C)C=Nc2c1c(C)cn2-c1ccccc1. The summed E-state index contributed by atoms with van der Waals surface area (Å²) in [7, 11) is 2.18. The van der Waals surface area contributed by atoms with Crippen molar-refractivity contribution in [3.8, 4) is 5.69 Å². The van der Waals surface area contributed by atoms with E-state index < -0.39 is 6.19 Å². The van der Waals surface area contributed by atoms with Crippen molar-refractivity contribution >= 4 is 41.0 Å². The number of hydrogen-bond donors (Lipinski definition) is 0. The van der Waals surface area contributed by atoms with Gasteiger partial charge in [0.05, 0.1) is 11.5 Å². The lowest BCUT2D eigenvalue weighted by Gasteiger charge is -2.40. The van der Waals surface area contributed by atoms with E-state index in [2.05, 4.69) is 117 Å². The van der Waals surface area contributed by atoms with Crippen LogP contribution in [0.1, 0.15) is 38.8 Å². The number of nitrogens with zero attached hydrogens (tertiary/aromatic N) is 4. The van der Waals surface area contributed by atoms with E-state index in [0.717, 1.165) is 24.6 Å². The largest absolute Gasteiger partial charge is 0.346 e. The molecule has 0 saturated carbocycles.